The third-order valence-corrected chi connectivity index (χ3v) is 3.14. The molecule has 0 fully saturated rings. The van der Waals surface area contributed by atoms with E-state index in [0.29, 0.717) is 0 Å². The monoisotopic (exact) mass is 264 g/mol. The molecule has 2 aromatic heterocycles. The molecule has 0 aliphatic heterocycles. The average molecular weight is 264 g/mol. The number of benzene rings is 1. The summed E-state index contributed by atoms with van der Waals surface area (Å²) in [5.74, 6) is 1.82. The van der Waals surface area contributed by atoms with E-state index in [-0.39, 0.29) is 0 Å². The third-order valence-electron chi connectivity index (χ3n) is 3.14. The van der Waals surface area contributed by atoms with Crippen molar-refractivity contribution in [3.8, 4) is 5.82 Å². The van der Waals surface area contributed by atoms with E-state index in [9.17, 15) is 0 Å². The number of nitrogens with zero attached hydrogens (tertiary/aromatic N) is 4. The van der Waals surface area contributed by atoms with Gasteiger partial charge in [0.05, 0.1) is 0 Å². The SMILES string of the molecule is CN(Cc1ccccc1)c1cccc(-n2ccnc2)n1. The third kappa shape index (κ3) is 2.69. The maximum absolute atomic E-state index is 4.66. The molecule has 3 rings (SSSR count). The lowest BCUT2D eigenvalue weighted by Crippen LogP contribution is -2.18. The van der Waals surface area contributed by atoms with Crippen LogP contribution in [0.1, 0.15) is 5.56 Å². The van der Waals surface area contributed by atoms with Crippen LogP contribution in [0.2, 0.25) is 0 Å². The van der Waals surface area contributed by atoms with Crippen LogP contribution in [0.25, 0.3) is 5.82 Å². The smallest absolute Gasteiger partial charge is 0.140 e. The summed E-state index contributed by atoms with van der Waals surface area (Å²) in [4.78, 5) is 10.8. The molecule has 0 saturated heterocycles. The van der Waals surface area contributed by atoms with Crippen LogP contribution in [0, 0.1) is 0 Å². The van der Waals surface area contributed by atoms with Crippen molar-refractivity contribution in [2.45, 2.75) is 6.54 Å². The standard InChI is InChI=1S/C16H16N4/c1-19(12-14-6-3-2-4-7-14)15-8-5-9-16(18-15)20-11-10-17-13-20/h2-11,13H,12H2,1H3. The first-order chi connectivity index (χ1) is 9.83. The zero-order chi connectivity index (χ0) is 13.8. The Morgan fingerprint density at radius 1 is 1.05 bits per heavy atom. The predicted molar refractivity (Wildman–Crippen MR) is 79.9 cm³/mol. The van der Waals surface area contributed by atoms with Crippen LogP contribution in [0.5, 0.6) is 0 Å². The molecular formula is C16H16N4. The van der Waals surface area contributed by atoms with Gasteiger partial charge >= 0.3 is 0 Å². The van der Waals surface area contributed by atoms with Gasteiger partial charge in [-0.3, -0.25) is 4.57 Å². The van der Waals surface area contributed by atoms with Crippen LogP contribution < -0.4 is 4.90 Å². The topological polar surface area (TPSA) is 34.0 Å². The van der Waals surface area contributed by atoms with E-state index in [2.05, 4.69) is 39.1 Å². The normalized spacial score (nSPS) is 10.4. The van der Waals surface area contributed by atoms with Gasteiger partial charge in [-0.25, -0.2) is 9.97 Å². The van der Waals surface area contributed by atoms with Gasteiger partial charge in [0.25, 0.3) is 0 Å². The van der Waals surface area contributed by atoms with Crippen molar-refractivity contribution in [3.05, 3.63) is 72.8 Å². The fourth-order valence-electron chi connectivity index (χ4n) is 2.10. The van der Waals surface area contributed by atoms with Crippen molar-refractivity contribution in [2.75, 3.05) is 11.9 Å². The largest absolute Gasteiger partial charge is 0.355 e. The molecule has 0 N–H and O–H groups in total. The summed E-state index contributed by atoms with van der Waals surface area (Å²) < 4.78 is 1.90. The molecule has 1 aromatic carbocycles. The number of hydrogen-bond donors (Lipinski definition) is 0. The first-order valence-electron chi connectivity index (χ1n) is 6.53. The van der Waals surface area contributed by atoms with Gasteiger partial charge in [0.2, 0.25) is 0 Å². The fraction of sp³-hybridized carbons (Fsp3) is 0.125. The molecule has 0 amide bonds. The Morgan fingerprint density at radius 3 is 2.65 bits per heavy atom. The Labute approximate surface area is 118 Å². The quantitative estimate of drug-likeness (QED) is 0.726. The van der Waals surface area contributed by atoms with Crippen molar-refractivity contribution in [1.82, 2.24) is 14.5 Å². The molecule has 100 valence electrons. The summed E-state index contributed by atoms with van der Waals surface area (Å²) in [6, 6.07) is 16.4. The van der Waals surface area contributed by atoms with E-state index >= 15 is 0 Å². The van der Waals surface area contributed by atoms with E-state index in [1.165, 1.54) is 5.56 Å². The van der Waals surface area contributed by atoms with E-state index in [0.717, 1.165) is 18.2 Å². The first-order valence-corrected chi connectivity index (χ1v) is 6.53. The van der Waals surface area contributed by atoms with Gasteiger partial charge in [0, 0.05) is 26.0 Å². The number of anilines is 1. The molecule has 0 aliphatic rings. The summed E-state index contributed by atoms with van der Waals surface area (Å²) >= 11 is 0. The number of aromatic nitrogens is 3. The summed E-state index contributed by atoms with van der Waals surface area (Å²) in [5, 5.41) is 0. The molecule has 3 aromatic rings. The molecule has 4 nitrogen and oxygen atoms in total. The van der Waals surface area contributed by atoms with Crippen molar-refractivity contribution in [2.24, 2.45) is 0 Å². The summed E-state index contributed by atoms with van der Waals surface area (Å²) in [7, 11) is 2.05. The molecule has 2 heterocycles. The minimum atomic E-state index is 0.835. The van der Waals surface area contributed by atoms with Crippen LogP contribution in [0.15, 0.2) is 67.3 Å². The minimum Gasteiger partial charge on any atom is -0.355 e. The van der Waals surface area contributed by atoms with E-state index in [4.69, 9.17) is 0 Å². The second kappa shape index (κ2) is 5.57. The van der Waals surface area contributed by atoms with Gasteiger partial charge in [-0.2, -0.15) is 0 Å². The van der Waals surface area contributed by atoms with Crippen molar-refractivity contribution < 1.29 is 0 Å². The van der Waals surface area contributed by atoms with Gasteiger partial charge in [0.15, 0.2) is 0 Å². The Morgan fingerprint density at radius 2 is 1.90 bits per heavy atom. The predicted octanol–water partition coefficient (Wildman–Crippen LogP) is 2.90. The highest BCUT2D eigenvalue weighted by Crippen LogP contribution is 2.15. The second-order valence-electron chi connectivity index (χ2n) is 4.67. The molecular weight excluding hydrogens is 248 g/mol. The molecule has 0 atom stereocenters. The molecule has 20 heavy (non-hydrogen) atoms. The number of imidazole rings is 1. The molecule has 4 heteroatoms. The fourth-order valence-corrected chi connectivity index (χ4v) is 2.10. The summed E-state index contributed by atoms with van der Waals surface area (Å²) in [6.07, 6.45) is 5.40. The van der Waals surface area contributed by atoms with Crippen LogP contribution in [0.4, 0.5) is 5.82 Å². The molecule has 0 saturated carbocycles. The van der Waals surface area contributed by atoms with E-state index < -0.39 is 0 Å². The first kappa shape index (κ1) is 12.4. The number of rotatable bonds is 4. The lowest BCUT2D eigenvalue weighted by molar-refractivity contribution is 0.883. The summed E-state index contributed by atoms with van der Waals surface area (Å²) in [5.41, 5.74) is 1.27. The zero-order valence-electron chi connectivity index (χ0n) is 11.3. The minimum absolute atomic E-state index is 0.835. The van der Waals surface area contributed by atoms with Gasteiger partial charge in [-0.15, -0.1) is 0 Å². The van der Waals surface area contributed by atoms with Crippen molar-refractivity contribution >= 4 is 5.82 Å². The van der Waals surface area contributed by atoms with E-state index in [1.807, 2.05) is 42.1 Å². The lowest BCUT2D eigenvalue weighted by Gasteiger charge is -2.19. The van der Waals surface area contributed by atoms with Crippen LogP contribution in [0.3, 0.4) is 0 Å². The van der Waals surface area contributed by atoms with Crippen LogP contribution in [-0.4, -0.2) is 21.6 Å². The van der Waals surface area contributed by atoms with Gasteiger partial charge < -0.3 is 4.90 Å². The van der Waals surface area contributed by atoms with Crippen LogP contribution >= 0.6 is 0 Å². The maximum Gasteiger partial charge on any atom is 0.140 e. The Bertz CT molecular complexity index is 662. The molecule has 0 radical (unpaired) electrons. The zero-order valence-corrected chi connectivity index (χ0v) is 11.3. The highest BCUT2D eigenvalue weighted by atomic mass is 15.2. The average Bonchev–Trinajstić information content (AvgIpc) is 3.03. The number of hydrogen-bond acceptors (Lipinski definition) is 3. The highest BCUT2D eigenvalue weighted by Gasteiger charge is 2.05. The molecule has 0 unspecified atom stereocenters. The van der Waals surface area contributed by atoms with Gasteiger partial charge in [0.1, 0.15) is 18.0 Å². The molecule has 0 bridgehead atoms. The number of pyridine rings is 1. The summed E-state index contributed by atoms with van der Waals surface area (Å²) in [6.45, 7) is 0.835. The Hall–Kier alpha value is -2.62. The Kier molecular flexibility index (Phi) is 3.46. The Balaban J connectivity index is 1.82. The lowest BCUT2D eigenvalue weighted by atomic mass is 10.2. The maximum atomic E-state index is 4.66. The highest BCUT2D eigenvalue weighted by molar-refractivity contribution is 5.42. The second-order valence-corrected chi connectivity index (χ2v) is 4.67. The molecule has 0 spiro atoms. The van der Waals surface area contributed by atoms with E-state index in [1.54, 1.807) is 12.5 Å². The molecule has 0 aliphatic carbocycles. The van der Waals surface area contributed by atoms with Crippen molar-refractivity contribution in [1.29, 1.82) is 0 Å². The van der Waals surface area contributed by atoms with Crippen LogP contribution in [-0.2, 0) is 6.54 Å². The van der Waals surface area contributed by atoms with Gasteiger partial charge in [-0.05, 0) is 17.7 Å². The van der Waals surface area contributed by atoms with Gasteiger partial charge in [-0.1, -0.05) is 36.4 Å². The van der Waals surface area contributed by atoms with Crippen molar-refractivity contribution in [3.63, 3.8) is 0 Å².